The molecule has 3 rings (SSSR count). The van der Waals surface area contributed by atoms with Gasteiger partial charge in [0.2, 0.25) is 0 Å². The number of epoxide rings is 1. The highest BCUT2D eigenvalue weighted by Crippen LogP contribution is 2.49. The summed E-state index contributed by atoms with van der Waals surface area (Å²) in [7, 11) is 0. The third-order valence-corrected chi connectivity index (χ3v) is 5.73. The lowest BCUT2D eigenvalue weighted by molar-refractivity contribution is -0.146. The van der Waals surface area contributed by atoms with Crippen molar-refractivity contribution in [2.24, 2.45) is 11.8 Å². The van der Waals surface area contributed by atoms with Crippen LogP contribution in [0.1, 0.15) is 52.9 Å². The Morgan fingerprint density at radius 3 is 2.84 bits per heavy atom. The van der Waals surface area contributed by atoms with Crippen LogP contribution in [-0.4, -0.2) is 46.9 Å². The summed E-state index contributed by atoms with van der Waals surface area (Å²) in [4.78, 5) is 23.8. The van der Waals surface area contributed by atoms with Crippen LogP contribution in [0.15, 0.2) is 0 Å². The Kier molecular flexibility index (Phi) is 4.82. The van der Waals surface area contributed by atoms with Gasteiger partial charge in [-0.2, -0.15) is 0 Å². The summed E-state index contributed by atoms with van der Waals surface area (Å²) in [5, 5.41) is 12.3. The monoisotopic (exact) mass is 349 g/mol. The molecule has 2 aliphatic heterocycles. The number of hydrogen-bond acceptors (Lipinski definition) is 5. The van der Waals surface area contributed by atoms with Crippen LogP contribution in [0.25, 0.3) is 0 Å². The van der Waals surface area contributed by atoms with Crippen LogP contribution in [0.4, 0.5) is 0 Å². The summed E-state index contributed by atoms with van der Waals surface area (Å²) in [6.07, 6.45) is 3.96. The largest absolute Gasteiger partial charge is 0.480 e. The molecule has 1 aliphatic carbocycles. The fraction of sp³-hybridized carbons (Fsp3) is 0.789. The van der Waals surface area contributed by atoms with Gasteiger partial charge in [0.15, 0.2) is 0 Å². The molecule has 25 heavy (non-hydrogen) atoms. The zero-order valence-corrected chi connectivity index (χ0v) is 15.1. The molecular weight excluding hydrogens is 322 g/mol. The van der Waals surface area contributed by atoms with E-state index >= 15 is 0 Å². The van der Waals surface area contributed by atoms with E-state index in [0.29, 0.717) is 0 Å². The molecule has 6 nitrogen and oxygen atoms in total. The number of carbonyl (C=O) groups is 2. The summed E-state index contributed by atoms with van der Waals surface area (Å²) in [5.74, 6) is 4.82. The predicted octanol–water partition coefficient (Wildman–Crippen LogP) is 1.72. The number of fused-ring (bicyclic) bond motifs is 3. The van der Waals surface area contributed by atoms with Gasteiger partial charge in [0, 0.05) is 25.3 Å². The molecule has 0 unspecified atom stereocenters. The van der Waals surface area contributed by atoms with Crippen molar-refractivity contribution in [3.63, 3.8) is 0 Å². The van der Waals surface area contributed by atoms with Crippen molar-refractivity contribution >= 4 is 11.9 Å². The summed E-state index contributed by atoms with van der Waals surface area (Å²) in [5.41, 5.74) is -1.31. The van der Waals surface area contributed by atoms with Crippen LogP contribution < -0.4 is 5.32 Å². The molecule has 2 N–H and O–H groups in total. The zero-order valence-electron chi connectivity index (χ0n) is 15.1. The Morgan fingerprint density at radius 1 is 1.40 bits per heavy atom. The van der Waals surface area contributed by atoms with Crippen molar-refractivity contribution in [3.8, 4) is 11.8 Å². The smallest absolute Gasteiger partial charge is 0.323 e. The summed E-state index contributed by atoms with van der Waals surface area (Å²) in [6, 6.07) is 0. The molecule has 3 aliphatic rings. The molecule has 0 spiro atoms. The van der Waals surface area contributed by atoms with Gasteiger partial charge in [0.1, 0.15) is 17.7 Å². The number of ether oxygens (including phenoxy) is 2. The molecule has 2 saturated heterocycles. The fourth-order valence-electron chi connectivity index (χ4n) is 3.86. The van der Waals surface area contributed by atoms with Crippen molar-refractivity contribution < 1.29 is 24.2 Å². The number of carbonyl (C=O) groups excluding carboxylic acids is 1. The summed E-state index contributed by atoms with van der Waals surface area (Å²) in [6.45, 7) is 5.55. The highest BCUT2D eigenvalue weighted by molar-refractivity contribution is 5.78. The average molecular weight is 349 g/mol. The molecule has 2 fully saturated rings. The number of rotatable bonds is 4. The van der Waals surface area contributed by atoms with Gasteiger partial charge < -0.3 is 19.9 Å². The second-order valence-electron chi connectivity index (χ2n) is 8.08. The molecule has 6 heteroatoms. The molecule has 0 aromatic rings. The van der Waals surface area contributed by atoms with Crippen LogP contribution in [-0.2, 0) is 19.1 Å². The second kappa shape index (κ2) is 6.62. The van der Waals surface area contributed by atoms with Gasteiger partial charge in [-0.25, -0.2) is 0 Å². The second-order valence-corrected chi connectivity index (χ2v) is 8.08. The maximum atomic E-state index is 12.5. The number of nitrogens with one attached hydrogen (secondary N) is 1. The first-order valence-electron chi connectivity index (χ1n) is 9.07. The number of aliphatic carboxylic acids is 1. The first-order valence-corrected chi connectivity index (χ1v) is 9.07. The number of esters is 1. The average Bonchev–Trinajstić information content (AvgIpc) is 3.10. The van der Waals surface area contributed by atoms with Gasteiger partial charge in [0.25, 0.3) is 0 Å². The van der Waals surface area contributed by atoms with Gasteiger partial charge in [-0.1, -0.05) is 0 Å². The Labute approximate surface area is 148 Å². The third-order valence-electron chi connectivity index (χ3n) is 5.73. The maximum absolute atomic E-state index is 12.5. The first kappa shape index (κ1) is 18.2. The minimum absolute atomic E-state index is 0.00354. The molecule has 5 atom stereocenters. The fourth-order valence-corrected chi connectivity index (χ4v) is 3.86. The van der Waals surface area contributed by atoms with Crippen molar-refractivity contribution in [1.82, 2.24) is 5.32 Å². The van der Waals surface area contributed by atoms with Crippen LogP contribution in [0.2, 0.25) is 0 Å². The van der Waals surface area contributed by atoms with Crippen molar-refractivity contribution in [3.05, 3.63) is 0 Å². The minimum atomic E-state index is -1.09. The van der Waals surface area contributed by atoms with E-state index in [9.17, 15) is 14.7 Å². The summed E-state index contributed by atoms with van der Waals surface area (Å²) < 4.78 is 11.6. The number of carboxylic acids is 1. The van der Waals surface area contributed by atoms with E-state index in [1.165, 1.54) is 0 Å². The number of carboxylic acid groups (broad SMARTS) is 1. The molecule has 0 aromatic carbocycles. The third kappa shape index (κ3) is 3.68. The van der Waals surface area contributed by atoms with Gasteiger partial charge in [-0.3, -0.25) is 9.59 Å². The molecule has 138 valence electrons. The van der Waals surface area contributed by atoms with E-state index in [0.717, 1.165) is 32.1 Å². The lowest BCUT2D eigenvalue weighted by Gasteiger charge is -2.25. The first-order chi connectivity index (χ1) is 11.7. The summed E-state index contributed by atoms with van der Waals surface area (Å²) >= 11 is 0. The Hall–Kier alpha value is -1.58. The van der Waals surface area contributed by atoms with Gasteiger partial charge in [0.05, 0.1) is 11.5 Å². The topological polar surface area (TPSA) is 88.2 Å². The Morgan fingerprint density at radius 2 is 2.12 bits per heavy atom. The minimum Gasteiger partial charge on any atom is -0.480 e. The molecule has 0 aromatic heterocycles. The van der Waals surface area contributed by atoms with E-state index in [1.807, 2.05) is 0 Å². The standard InChI is InChI=1S/C19H27NO5/c1-18(2,17(22)23)20-11-13-12-9-7-5-4-6-8-10-19(3)15(25-19)14(12)24-16(13)21/h12-15,20H,6-11H2,1-3H3,(H,22,23)/t12-,13-,14-,15-,19+/m0/s1. The van der Waals surface area contributed by atoms with E-state index in [1.54, 1.807) is 13.8 Å². The molecule has 0 bridgehead atoms. The molecule has 2 heterocycles. The molecule has 0 amide bonds. The van der Waals surface area contributed by atoms with E-state index in [4.69, 9.17) is 9.47 Å². The molecular formula is C19H27NO5. The van der Waals surface area contributed by atoms with Gasteiger partial charge in [-0.15, -0.1) is 11.8 Å². The maximum Gasteiger partial charge on any atom is 0.323 e. The van der Waals surface area contributed by atoms with Gasteiger partial charge in [-0.05, 0) is 40.0 Å². The van der Waals surface area contributed by atoms with Gasteiger partial charge >= 0.3 is 11.9 Å². The van der Waals surface area contributed by atoms with Crippen molar-refractivity contribution in [1.29, 1.82) is 0 Å². The highest BCUT2D eigenvalue weighted by atomic mass is 16.6. The van der Waals surface area contributed by atoms with Crippen molar-refractivity contribution in [2.75, 3.05) is 6.54 Å². The highest BCUT2D eigenvalue weighted by Gasteiger charge is 2.62. The predicted molar refractivity (Wildman–Crippen MR) is 90.7 cm³/mol. The van der Waals surface area contributed by atoms with E-state index in [-0.39, 0.29) is 42.2 Å². The van der Waals surface area contributed by atoms with Crippen molar-refractivity contribution in [2.45, 2.75) is 76.2 Å². The molecule has 0 radical (unpaired) electrons. The van der Waals surface area contributed by atoms with Crippen LogP contribution >= 0.6 is 0 Å². The van der Waals surface area contributed by atoms with E-state index in [2.05, 4.69) is 24.1 Å². The Bertz CT molecular complexity index is 619. The zero-order chi connectivity index (χ0) is 18.2. The van der Waals surface area contributed by atoms with Crippen LogP contribution in [0.3, 0.4) is 0 Å². The normalized spacial score (nSPS) is 37.6. The number of hydrogen-bond donors (Lipinski definition) is 2. The van der Waals surface area contributed by atoms with Crippen LogP contribution in [0.5, 0.6) is 0 Å². The lowest BCUT2D eigenvalue weighted by atomic mass is 9.82. The molecule has 0 saturated carbocycles. The van der Waals surface area contributed by atoms with E-state index < -0.39 is 11.5 Å². The lowest BCUT2D eigenvalue weighted by Crippen LogP contribution is -2.49. The SMILES string of the molecule is CC(C)(NC[C@@H]1C(=O)O[C@H]2[C@H]1CCC#CCCC[C@@]1(C)O[C@@H]21)C(=O)O. The Balaban J connectivity index is 1.74. The van der Waals surface area contributed by atoms with Crippen LogP contribution in [0, 0.1) is 23.7 Å². The quantitative estimate of drug-likeness (QED) is 0.456.